The van der Waals surface area contributed by atoms with E-state index in [9.17, 15) is 4.57 Å². The molecule has 0 spiro atoms. The van der Waals surface area contributed by atoms with Crippen molar-refractivity contribution < 1.29 is 23.5 Å². The summed E-state index contributed by atoms with van der Waals surface area (Å²) in [6.07, 6.45) is 0. The molecule has 0 heterocycles. The molecule has 1 aromatic rings. The number of aryl methyl sites for hydroxylation is 1. The van der Waals surface area contributed by atoms with Crippen LogP contribution in [-0.4, -0.2) is 11.5 Å². The van der Waals surface area contributed by atoms with Crippen LogP contribution in [0.2, 0.25) is 0 Å². The smallest absolute Gasteiger partial charge is 0.403 e. The van der Waals surface area contributed by atoms with Crippen LogP contribution in [0.15, 0.2) is 24.3 Å². The second-order valence-corrected chi connectivity index (χ2v) is 4.12. The summed E-state index contributed by atoms with van der Waals surface area (Å²) in [4.78, 5) is 13.5. The van der Waals surface area contributed by atoms with Gasteiger partial charge >= 0.3 is 7.82 Å². The molecule has 1 aromatic carbocycles. The molecule has 0 saturated heterocycles. The van der Waals surface area contributed by atoms with Gasteiger partial charge in [0.2, 0.25) is 0 Å². The van der Waals surface area contributed by atoms with E-state index in [0.29, 0.717) is 0 Å². The molecule has 1 N–H and O–H groups in total. The lowest BCUT2D eigenvalue weighted by Gasteiger charge is -2.11. The summed E-state index contributed by atoms with van der Waals surface area (Å²) in [5.41, 5.74) is 1.03. The SMILES string of the molecule is CCOOP(=O)(O)Oc1ccc(C)cc1. The maximum absolute atomic E-state index is 11.2. The number of phosphoric acid groups is 1. The molecule has 84 valence electrons. The van der Waals surface area contributed by atoms with Gasteiger partial charge in [0.1, 0.15) is 5.75 Å². The first kappa shape index (κ1) is 12.2. The van der Waals surface area contributed by atoms with Crippen LogP contribution in [0.25, 0.3) is 0 Å². The van der Waals surface area contributed by atoms with Crippen molar-refractivity contribution in [1.82, 2.24) is 0 Å². The van der Waals surface area contributed by atoms with E-state index in [1.807, 2.05) is 6.92 Å². The molecule has 1 unspecified atom stereocenters. The maximum atomic E-state index is 11.2. The molecule has 0 aliphatic heterocycles. The highest BCUT2D eigenvalue weighted by Crippen LogP contribution is 2.43. The number of hydrogen-bond donors (Lipinski definition) is 1. The minimum atomic E-state index is -4.17. The molecule has 0 aliphatic rings. The Hall–Kier alpha value is -0.870. The number of benzene rings is 1. The van der Waals surface area contributed by atoms with Gasteiger partial charge in [-0.05, 0) is 26.0 Å². The highest BCUT2D eigenvalue weighted by molar-refractivity contribution is 7.47. The molecule has 0 amide bonds. The fraction of sp³-hybridized carbons (Fsp3) is 0.333. The van der Waals surface area contributed by atoms with Crippen molar-refractivity contribution in [1.29, 1.82) is 0 Å². The van der Waals surface area contributed by atoms with E-state index in [2.05, 4.69) is 9.56 Å². The lowest BCUT2D eigenvalue weighted by Crippen LogP contribution is -1.98. The Kier molecular flexibility index (Phi) is 4.29. The molecule has 0 bridgehead atoms. The van der Waals surface area contributed by atoms with Gasteiger partial charge in [-0.2, -0.15) is 0 Å². The lowest BCUT2D eigenvalue weighted by molar-refractivity contribution is -0.216. The first-order chi connectivity index (χ1) is 7.03. The van der Waals surface area contributed by atoms with Gasteiger partial charge in [0, 0.05) is 0 Å². The summed E-state index contributed by atoms with van der Waals surface area (Å²) < 4.78 is 20.1. The van der Waals surface area contributed by atoms with Crippen molar-refractivity contribution >= 4 is 7.82 Å². The molecule has 0 aromatic heterocycles. The van der Waals surface area contributed by atoms with E-state index in [-0.39, 0.29) is 12.4 Å². The average Bonchev–Trinajstić information content (AvgIpc) is 2.18. The van der Waals surface area contributed by atoms with Crippen molar-refractivity contribution in [2.24, 2.45) is 0 Å². The van der Waals surface area contributed by atoms with Gasteiger partial charge in [-0.3, -0.25) is 4.89 Å². The zero-order chi connectivity index (χ0) is 11.3. The van der Waals surface area contributed by atoms with Gasteiger partial charge < -0.3 is 4.52 Å². The zero-order valence-electron chi connectivity index (χ0n) is 8.54. The average molecular weight is 232 g/mol. The van der Waals surface area contributed by atoms with Gasteiger partial charge in [-0.1, -0.05) is 17.7 Å². The van der Waals surface area contributed by atoms with Crippen LogP contribution in [0.1, 0.15) is 12.5 Å². The molecule has 6 heteroatoms. The monoisotopic (exact) mass is 232 g/mol. The summed E-state index contributed by atoms with van der Waals surface area (Å²) in [6, 6.07) is 6.67. The standard InChI is InChI=1S/C9H13O5P/c1-3-12-14-15(10,11)13-9-6-4-8(2)5-7-9/h4-7H,3H2,1-2H3,(H,10,11). The Labute approximate surface area is 88.1 Å². The Balaban J connectivity index is 2.60. The summed E-state index contributed by atoms with van der Waals surface area (Å²) in [6.45, 7) is 3.70. The molecule has 0 fully saturated rings. The predicted molar refractivity (Wildman–Crippen MR) is 54.3 cm³/mol. The number of rotatable bonds is 5. The first-order valence-corrected chi connectivity index (χ1v) is 5.93. The van der Waals surface area contributed by atoms with Crippen LogP contribution in [-0.2, 0) is 14.1 Å². The van der Waals surface area contributed by atoms with Crippen molar-refractivity contribution in [2.75, 3.05) is 6.61 Å². The third-order valence-electron chi connectivity index (χ3n) is 1.51. The Morgan fingerprint density at radius 2 is 1.93 bits per heavy atom. The zero-order valence-corrected chi connectivity index (χ0v) is 9.44. The fourth-order valence-electron chi connectivity index (χ4n) is 0.867. The third kappa shape index (κ3) is 4.44. The largest absolute Gasteiger partial charge is 0.555 e. The molecule has 15 heavy (non-hydrogen) atoms. The number of phosphoric ester groups is 1. The fourth-order valence-corrected chi connectivity index (χ4v) is 1.52. The van der Waals surface area contributed by atoms with Crippen LogP contribution >= 0.6 is 7.82 Å². The lowest BCUT2D eigenvalue weighted by atomic mass is 10.2. The summed E-state index contributed by atoms with van der Waals surface area (Å²) in [5, 5.41) is 0. The van der Waals surface area contributed by atoms with E-state index in [1.54, 1.807) is 31.2 Å². The van der Waals surface area contributed by atoms with Gasteiger partial charge in [0.15, 0.2) is 0 Å². The predicted octanol–water partition coefficient (Wildman–Crippen LogP) is 2.44. The molecule has 5 nitrogen and oxygen atoms in total. The van der Waals surface area contributed by atoms with Crippen molar-refractivity contribution in [3.63, 3.8) is 0 Å². The molecule has 0 saturated carbocycles. The van der Waals surface area contributed by atoms with Crippen molar-refractivity contribution in [3.05, 3.63) is 29.8 Å². The Bertz CT molecular complexity index is 348. The van der Waals surface area contributed by atoms with Crippen LogP contribution < -0.4 is 4.52 Å². The maximum Gasteiger partial charge on any atom is 0.555 e. The highest BCUT2D eigenvalue weighted by Gasteiger charge is 2.24. The van der Waals surface area contributed by atoms with Crippen molar-refractivity contribution in [3.8, 4) is 5.75 Å². The minimum absolute atomic E-state index is 0.168. The van der Waals surface area contributed by atoms with E-state index < -0.39 is 7.82 Å². The van der Waals surface area contributed by atoms with Crippen molar-refractivity contribution in [2.45, 2.75) is 13.8 Å². The first-order valence-electron chi connectivity index (χ1n) is 4.44. The van der Waals surface area contributed by atoms with Crippen LogP contribution in [0.3, 0.4) is 0 Å². The second-order valence-electron chi connectivity index (χ2n) is 2.85. The topological polar surface area (TPSA) is 65.0 Å². The minimum Gasteiger partial charge on any atom is -0.403 e. The van der Waals surface area contributed by atoms with E-state index in [1.165, 1.54) is 0 Å². The summed E-state index contributed by atoms with van der Waals surface area (Å²) >= 11 is 0. The molecule has 0 aliphatic carbocycles. The molecule has 1 atom stereocenters. The third-order valence-corrected chi connectivity index (χ3v) is 2.24. The van der Waals surface area contributed by atoms with Gasteiger partial charge in [0.25, 0.3) is 0 Å². The quantitative estimate of drug-likeness (QED) is 0.480. The van der Waals surface area contributed by atoms with E-state index >= 15 is 0 Å². The van der Waals surface area contributed by atoms with Crippen LogP contribution in [0.4, 0.5) is 0 Å². The van der Waals surface area contributed by atoms with E-state index in [0.717, 1.165) is 5.56 Å². The van der Waals surface area contributed by atoms with E-state index in [4.69, 9.17) is 9.42 Å². The van der Waals surface area contributed by atoms with Crippen LogP contribution in [0, 0.1) is 6.92 Å². The normalized spacial score (nSPS) is 14.6. The number of hydrogen-bond acceptors (Lipinski definition) is 4. The van der Waals surface area contributed by atoms with Gasteiger partial charge in [-0.15, -0.1) is 4.67 Å². The second kappa shape index (κ2) is 5.28. The van der Waals surface area contributed by atoms with Gasteiger partial charge in [0.05, 0.1) is 6.61 Å². The van der Waals surface area contributed by atoms with Gasteiger partial charge in [-0.25, -0.2) is 9.45 Å². The summed E-state index contributed by atoms with van der Waals surface area (Å²) in [5.74, 6) is 0.256. The molecule has 0 radical (unpaired) electrons. The molecular formula is C9H13O5P. The Morgan fingerprint density at radius 1 is 1.33 bits per heavy atom. The molecule has 1 rings (SSSR count). The Morgan fingerprint density at radius 3 is 2.47 bits per heavy atom. The summed E-state index contributed by atoms with van der Waals surface area (Å²) in [7, 11) is -4.17. The highest BCUT2D eigenvalue weighted by atomic mass is 31.2. The van der Waals surface area contributed by atoms with Crippen LogP contribution in [0.5, 0.6) is 5.75 Å². The molecular weight excluding hydrogens is 219 g/mol.